The summed E-state index contributed by atoms with van der Waals surface area (Å²) in [6, 6.07) is 16.8. The quantitative estimate of drug-likeness (QED) is 0.343. The molecule has 4 heterocycles. The largest absolute Gasteiger partial charge is 0.420 e. The van der Waals surface area contributed by atoms with Crippen LogP contribution >= 0.6 is 11.3 Å². The molecule has 4 saturated carbocycles. The number of allylic oxidation sites excluding steroid dienone is 1. The van der Waals surface area contributed by atoms with E-state index < -0.39 is 5.92 Å². The van der Waals surface area contributed by atoms with E-state index in [0.717, 1.165) is 50.8 Å². The van der Waals surface area contributed by atoms with E-state index in [1.165, 1.54) is 38.5 Å². The monoisotopic (exact) mass is 520 g/mol. The summed E-state index contributed by atoms with van der Waals surface area (Å²) in [7, 11) is 0. The Morgan fingerprint density at radius 1 is 1.05 bits per heavy atom. The number of nitrogens with two attached hydrogens (primary N) is 1. The average Bonchev–Trinajstić information content (AvgIpc) is 3.67. The number of nitrogens with zero attached hydrogens (tertiary/aromatic N) is 4. The first kappa shape index (κ1) is 22.2. The Balaban J connectivity index is 1.38. The van der Waals surface area contributed by atoms with E-state index in [1.54, 1.807) is 11.3 Å². The van der Waals surface area contributed by atoms with Gasteiger partial charge in [0.1, 0.15) is 11.6 Å². The highest BCUT2D eigenvalue weighted by Crippen LogP contribution is 2.62. The molecule has 5 aliphatic rings. The summed E-state index contributed by atoms with van der Waals surface area (Å²) in [6.07, 6.45) is 9.75. The van der Waals surface area contributed by atoms with E-state index in [2.05, 4.69) is 40.7 Å². The third-order valence-electron chi connectivity index (χ3n) is 9.32. The smallest absolute Gasteiger partial charge is 0.244 e. The second-order valence-electron chi connectivity index (χ2n) is 11.6. The molecule has 1 atom stereocenters. The lowest BCUT2D eigenvalue weighted by Gasteiger charge is -2.56. The van der Waals surface area contributed by atoms with E-state index >= 15 is 0 Å². The van der Waals surface area contributed by atoms with Gasteiger partial charge in [-0.25, -0.2) is 4.68 Å². The van der Waals surface area contributed by atoms with Crippen molar-refractivity contribution >= 4 is 11.3 Å². The van der Waals surface area contributed by atoms with Crippen molar-refractivity contribution in [3.8, 4) is 28.2 Å². The molecule has 4 fully saturated rings. The van der Waals surface area contributed by atoms with Gasteiger partial charge in [-0.15, -0.1) is 16.4 Å². The minimum absolute atomic E-state index is 0.0325. The SMILES string of the molecule is N#CC1=C(N)Oc2n[nH]c(-c3cccs3)c2[C@H]1c1cn(-c2ccccc2)nc1C12CC3CC(CC(C3)C1)C2. The first-order chi connectivity index (χ1) is 18.6. The molecule has 0 radical (unpaired) electrons. The van der Waals surface area contributed by atoms with Gasteiger partial charge < -0.3 is 10.5 Å². The summed E-state index contributed by atoms with van der Waals surface area (Å²) in [5.41, 5.74) is 11.8. The van der Waals surface area contributed by atoms with E-state index in [4.69, 9.17) is 15.6 Å². The molecule has 3 aromatic heterocycles. The van der Waals surface area contributed by atoms with Crippen molar-refractivity contribution in [1.82, 2.24) is 20.0 Å². The Hall–Kier alpha value is -3.83. The lowest BCUT2D eigenvalue weighted by Crippen LogP contribution is -2.49. The normalized spacial score (nSPS) is 29.2. The number of fused-ring (bicyclic) bond motifs is 1. The maximum atomic E-state index is 10.4. The molecule has 1 aromatic carbocycles. The van der Waals surface area contributed by atoms with Crippen molar-refractivity contribution in [2.24, 2.45) is 23.5 Å². The number of ether oxygens (including phenoxy) is 1. The Labute approximate surface area is 224 Å². The van der Waals surface area contributed by atoms with Crippen LogP contribution in [0.2, 0.25) is 0 Å². The molecule has 7 nitrogen and oxygen atoms in total. The fraction of sp³-hybridized carbons (Fsp3) is 0.367. The summed E-state index contributed by atoms with van der Waals surface area (Å²) in [6.45, 7) is 0. The van der Waals surface area contributed by atoms with Crippen molar-refractivity contribution in [1.29, 1.82) is 5.26 Å². The fourth-order valence-corrected chi connectivity index (χ4v) is 9.02. The van der Waals surface area contributed by atoms with E-state index in [1.807, 2.05) is 34.3 Å². The summed E-state index contributed by atoms with van der Waals surface area (Å²) in [5, 5.41) is 25.5. The summed E-state index contributed by atoms with van der Waals surface area (Å²) in [4.78, 5) is 1.05. The molecule has 0 saturated heterocycles. The second-order valence-corrected chi connectivity index (χ2v) is 12.6. The standard InChI is InChI=1S/C30H28N6OS/c31-15-21-24(25-26(23-7-4-8-38-23)33-34-29(25)37-28(21)32)22-16-36(20-5-2-1-3-6-20)35-27(22)30-12-17-9-18(13-30)11-19(10-17)14-30/h1-8,16-19,24H,9-14,32H2,(H,33,34)/t17?,18?,19?,24-,30?/m1/s1. The Kier molecular flexibility index (Phi) is 4.72. The van der Waals surface area contributed by atoms with Crippen LogP contribution in [0.4, 0.5) is 0 Å². The topological polar surface area (TPSA) is 106 Å². The van der Waals surface area contributed by atoms with Crippen molar-refractivity contribution in [3.63, 3.8) is 0 Å². The summed E-state index contributed by atoms with van der Waals surface area (Å²) >= 11 is 1.64. The second kappa shape index (κ2) is 8.08. The van der Waals surface area contributed by atoms with Crippen molar-refractivity contribution < 1.29 is 4.74 Å². The van der Waals surface area contributed by atoms with Gasteiger partial charge in [-0.3, -0.25) is 5.10 Å². The number of aromatic nitrogens is 4. The molecule has 0 unspecified atom stereocenters. The van der Waals surface area contributed by atoms with Crippen LogP contribution in [0.1, 0.15) is 61.3 Å². The van der Waals surface area contributed by atoms with Crippen molar-refractivity contribution in [3.05, 3.63) is 82.3 Å². The van der Waals surface area contributed by atoms with Gasteiger partial charge in [-0.2, -0.15) is 10.4 Å². The summed E-state index contributed by atoms with van der Waals surface area (Å²) in [5.74, 6) is 2.48. The first-order valence-electron chi connectivity index (χ1n) is 13.5. The van der Waals surface area contributed by atoms with Gasteiger partial charge in [0.25, 0.3) is 0 Å². The van der Waals surface area contributed by atoms with Gasteiger partial charge in [-0.05, 0) is 79.9 Å². The minimum Gasteiger partial charge on any atom is -0.420 e. The van der Waals surface area contributed by atoms with Crippen LogP contribution in [0, 0.1) is 29.1 Å². The Bertz CT molecular complexity index is 1570. The minimum atomic E-state index is -0.403. The zero-order valence-corrected chi connectivity index (χ0v) is 21.7. The van der Waals surface area contributed by atoms with Gasteiger partial charge in [-0.1, -0.05) is 24.3 Å². The van der Waals surface area contributed by atoms with Gasteiger partial charge >= 0.3 is 0 Å². The number of hydrogen-bond acceptors (Lipinski definition) is 6. The van der Waals surface area contributed by atoms with Crippen LogP contribution in [-0.2, 0) is 5.41 Å². The van der Waals surface area contributed by atoms with Gasteiger partial charge in [0.15, 0.2) is 0 Å². The maximum absolute atomic E-state index is 10.4. The van der Waals surface area contributed by atoms with Gasteiger partial charge in [0.2, 0.25) is 11.8 Å². The predicted molar refractivity (Wildman–Crippen MR) is 145 cm³/mol. The molecule has 9 rings (SSSR count). The molecule has 4 bridgehead atoms. The fourth-order valence-electron chi connectivity index (χ4n) is 8.29. The van der Waals surface area contributed by atoms with Crippen LogP contribution in [0.5, 0.6) is 5.88 Å². The molecule has 0 spiro atoms. The van der Waals surface area contributed by atoms with Crippen LogP contribution in [-0.4, -0.2) is 20.0 Å². The number of aromatic amines is 1. The molecule has 4 aliphatic carbocycles. The molecular formula is C30H28N6OS. The number of hydrogen-bond donors (Lipinski definition) is 2. The average molecular weight is 521 g/mol. The molecule has 4 aromatic rings. The lowest BCUT2D eigenvalue weighted by molar-refractivity contribution is -0.00777. The Morgan fingerprint density at radius 3 is 2.45 bits per heavy atom. The molecule has 0 amide bonds. The molecule has 8 heteroatoms. The number of rotatable bonds is 4. The molecule has 3 N–H and O–H groups in total. The third kappa shape index (κ3) is 3.18. The molecule has 1 aliphatic heterocycles. The number of para-hydroxylation sites is 1. The summed E-state index contributed by atoms with van der Waals surface area (Å²) < 4.78 is 7.92. The zero-order valence-electron chi connectivity index (χ0n) is 20.9. The van der Waals surface area contributed by atoms with Crippen molar-refractivity contribution in [2.45, 2.75) is 49.9 Å². The highest BCUT2D eigenvalue weighted by Gasteiger charge is 2.54. The van der Waals surface area contributed by atoms with Crippen LogP contribution < -0.4 is 10.5 Å². The third-order valence-corrected chi connectivity index (χ3v) is 10.2. The number of nitrogens with one attached hydrogen (secondary N) is 1. The predicted octanol–water partition coefficient (Wildman–Crippen LogP) is 6.01. The molecule has 38 heavy (non-hydrogen) atoms. The van der Waals surface area contributed by atoms with E-state index in [0.29, 0.717) is 11.5 Å². The number of H-pyrrole nitrogens is 1. The van der Waals surface area contributed by atoms with Crippen LogP contribution in [0.3, 0.4) is 0 Å². The van der Waals surface area contributed by atoms with Crippen LogP contribution in [0.25, 0.3) is 16.3 Å². The highest BCUT2D eigenvalue weighted by molar-refractivity contribution is 7.13. The van der Waals surface area contributed by atoms with E-state index in [9.17, 15) is 5.26 Å². The first-order valence-corrected chi connectivity index (χ1v) is 14.3. The van der Waals surface area contributed by atoms with Gasteiger partial charge in [0.05, 0.1) is 33.4 Å². The number of thiophene rings is 1. The molecule has 190 valence electrons. The zero-order chi connectivity index (χ0) is 25.4. The number of nitriles is 1. The number of benzene rings is 1. The Morgan fingerprint density at radius 2 is 1.79 bits per heavy atom. The van der Waals surface area contributed by atoms with Gasteiger partial charge in [0, 0.05) is 17.2 Å². The molecular weight excluding hydrogens is 492 g/mol. The highest BCUT2D eigenvalue weighted by atomic mass is 32.1. The van der Waals surface area contributed by atoms with Crippen LogP contribution in [0.15, 0.2) is 65.5 Å². The lowest BCUT2D eigenvalue weighted by atomic mass is 9.48. The maximum Gasteiger partial charge on any atom is 0.244 e. The van der Waals surface area contributed by atoms with E-state index in [-0.39, 0.29) is 11.3 Å². The van der Waals surface area contributed by atoms with Crippen molar-refractivity contribution in [2.75, 3.05) is 0 Å².